The Morgan fingerprint density at radius 2 is 1.74 bits per heavy atom. The number of carbonyl (C=O) groups excluding carboxylic acids is 1. The first-order valence-electron chi connectivity index (χ1n) is 7.90. The zero-order valence-electron chi connectivity index (χ0n) is 13.7. The number of amides is 2. The summed E-state index contributed by atoms with van der Waals surface area (Å²) in [5, 5.41) is 5.90. The number of methoxy groups -OCH3 is 1. The van der Waals surface area contributed by atoms with Gasteiger partial charge < -0.3 is 15.4 Å². The SMILES string of the molecule is CC[C@H](Cc1ccccc1)NC(=O)Nc1ccc(COC)cc1. The first-order chi connectivity index (χ1) is 11.2. The van der Waals surface area contributed by atoms with Gasteiger partial charge in [-0.1, -0.05) is 49.4 Å². The maximum atomic E-state index is 12.1. The molecule has 0 aromatic heterocycles. The van der Waals surface area contributed by atoms with Gasteiger partial charge in [-0.3, -0.25) is 0 Å². The van der Waals surface area contributed by atoms with Gasteiger partial charge in [0.05, 0.1) is 6.61 Å². The fourth-order valence-electron chi connectivity index (χ4n) is 2.40. The molecule has 0 aliphatic rings. The predicted octanol–water partition coefficient (Wildman–Crippen LogP) is 3.98. The molecule has 2 aromatic rings. The highest BCUT2D eigenvalue weighted by molar-refractivity contribution is 5.89. The Hall–Kier alpha value is -2.33. The van der Waals surface area contributed by atoms with Gasteiger partial charge in [0.1, 0.15) is 0 Å². The largest absolute Gasteiger partial charge is 0.380 e. The highest BCUT2D eigenvalue weighted by atomic mass is 16.5. The summed E-state index contributed by atoms with van der Waals surface area (Å²) in [6, 6.07) is 17.8. The second-order valence-electron chi connectivity index (χ2n) is 5.52. The van der Waals surface area contributed by atoms with Crippen molar-refractivity contribution in [2.24, 2.45) is 0 Å². The number of carbonyl (C=O) groups is 1. The lowest BCUT2D eigenvalue weighted by atomic mass is 10.0. The molecule has 2 amide bonds. The second-order valence-corrected chi connectivity index (χ2v) is 5.52. The summed E-state index contributed by atoms with van der Waals surface area (Å²) in [4.78, 5) is 12.1. The first kappa shape index (κ1) is 17.0. The van der Waals surface area contributed by atoms with Crippen molar-refractivity contribution in [1.82, 2.24) is 5.32 Å². The minimum absolute atomic E-state index is 0.116. The summed E-state index contributed by atoms with van der Waals surface area (Å²) >= 11 is 0. The Kier molecular flexibility index (Phi) is 6.63. The third kappa shape index (κ3) is 5.75. The summed E-state index contributed by atoms with van der Waals surface area (Å²) in [6.07, 6.45) is 1.71. The van der Waals surface area contributed by atoms with Crippen LogP contribution in [-0.2, 0) is 17.8 Å². The van der Waals surface area contributed by atoms with Crippen LogP contribution >= 0.6 is 0 Å². The maximum Gasteiger partial charge on any atom is 0.319 e. The molecule has 23 heavy (non-hydrogen) atoms. The lowest BCUT2D eigenvalue weighted by Crippen LogP contribution is -2.38. The molecular weight excluding hydrogens is 288 g/mol. The molecule has 0 aliphatic carbocycles. The lowest BCUT2D eigenvalue weighted by molar-refractivity contribution is 0.185. The Bertz CT molecular complexity index is 597. The van der Waals surface area contributed by atoms with E-state index in [9.17, 15) is 4.79 Å². The van der Waals surface area contributed by atoms with Crippen molar-refractivity contribution in [3.05, 3.63) is 65.7 Å². The zero-order valence-corrected chi connectivity index (χ0v) is 13.7. The minimum atomic E-state index is -0.174. The second kappa shape index (κ2) is 8.96. The number of hydrogen-bond donors (Lipinski definition) is 2. The molecule has 4 heteroatoms. The molecule has 0 bridgehead atoms. The van der Waals surface area contributed by atoms with Gasteiger partial charge in [-0.2, -0.15) is 0 Å². The molecule has 1 atom stereocenters. The van der Waals surface area contributed by atoms with Gasteiger partial charge in [-0.05, 0) is 36.1 Å². The van der Waals surface area contributed by atoms with Crippen molar-refractivity contribution in [2.45, 2.75) is 32.4 Å². The molecule has 122 valence electrons. The number of nitrogens with one attached hydrogen (secondary N) is 2. The number of benzene rings is 2. The van der Waals surface area contributed by atoms with Gasteiger partial charge in [-0.25, -0.2) is 4.79 Å². The Labute approximate surface area is 137 Å². The molecule has 2 rings (SSSR count). The van der Waals surface area contributed by atoms with Crippen molar-refractivity contribution < 1.29 is 9.53 Å². The van der Waals surface area contributed by atoms with E-state index < -0.39 is 0 Å². The van der Waals surface area contributed by atoms with E-state index in [1.807, 2.05) is 42.5 Å². The molecule has 0 radical (unpaired) electrons. The van der Waals surface area contributed by atoms with Crippen molar-refractivity contribution in [3.8, 4) is 0 Å². The maximum absolute atomic E-state index is 12.1. The van der Waals surface area contributed by atoms with E-state index >= 15 is 0 Å². The fourth-order valence-corrected chi connectivity index (χ4v) is 2.40. The van der Waals surface area contributed by atoms with Crippen LogP contribution in [0.25, 0.3) is 0 Å². The summed E-state index contributed by atoms with van der Waals surface area (Å²) in [5.41, 5.74) is 3.08. The molecule has 0 aliphatic heterocycles. The van der Waals surface area contributed by atoms with E-state index in [1.165, 1.54) is 5.56 Å². The van der Waals surface area contributed by atoms with Gasteiger partial charge >= 0.3 is 6.03 Å². The Balaban J connectivity index is 1.87. The van der Waals surface area contributed by atoms with Gasteiger partial charge in [0.25, 0.3) is 0 Å². The fraction of sp³-hybridized carbons (Fsp3) is 0.316. The summed E-state index contributed by atoms with van der Waals surface area (Å²) in [5.74, 6) is 0. The van der Waals surface area contributed by atoms with E-state index in [0.29, 0.717) is 6.61 Å². The third-order valence-corrected chi connectivity index (χ3v) is 3.68. The predicted molar refractivity (Wildman–Crippen MR) is 93.5 cm³/mol. The van der Waals surface area contributed by atoms with Crippen molar-refractivity contribution >= 4 is 11.7 Å². The first-order valence-corrected chi connectivity index (χ1v) is 7.90. The standard InChI is InChI=1S/C19H24N2O2/c1-3-17(13-15-7-5-4-6-8-15)20-19(22)21-18-11-9-16(10-12-18)14-23-2/h4-12,17H,3,13-14H2,1-2H3,(H2,20,21,22)/t17-/m1/s1. The third-order valence-electron chi connectivity index (χ3n) is 3.68. The van der Waals surface area contributed by atoms with Gasteiger partial charge in [-0.15, -0.1) is 0 Å². The molecular formula is C19H24N2O2. The highest BCUT2D eigenvalue weighted by Gasteiger charge is 2.11. The smallest absolute Gasteiger partial charge is 0.319 e. The number of anilines is 1. The van der Waals surface area contributed by atoms with Crippen LogP contribution in [0.5, 0.6) is 0 Å². The molecule has 2 N–H and O–H groups in total. The van der Waals surface area contributed by atoms with Crippen LogP contribution in [0.2, 0.25) is 0 Å². The molecule has 0 heterocycles. The van der Waals surface area contributed by atoms with E-state index in [4.69, 9.17) is 4.74 Å². The van der Waals surface area contributed by atoms with E-state index in [1.54, 1.807) is 7.11 Å². The van der Waals surface area contributed by atoms with E-state index in [0.717, 1.165) is 24.1 Å². The monoisotopic (exact) mass is 312 g/mol. The van der Waals surface area contributed by atoms with Crippen LogP contribution in [0.1, 0.15) is 24.5 Å². The average molecular weight is 312 g/mol. The number of urea groups is 1. The van der Waals surface area contributed by atoms with Gasteiger partial charge in [0.15, 0.2) is 0 Å². The topological polar surface area (TPSA) is 50.4 Å². The summed E-state index contributed by atoms with van der Waals surface area (Å²) in [6.45, 7) is 2.65. The van der Waals surface area contributed by atoms with Crippen LogP contribution in [-0.4, -0.2) is 19.2 Å². The van der Waals surface area contributed by atoms with Crippen molar-refractivity contribution in [2.75, 3.05) is 12.4 Å². The van der Waals surface area contributed by atoms with Crippen LogP contribution < -0.4 is 10.6 Å². The van der Waals surface area contributed by atoms with Gasteiger partial charge in [0.2, 0.25) is 0 Å². The molecule has 0 saturated heterocycles. The van der Waals surface area contributed by atoms with E-state index in [2.05, 4.69) is 29.7 Å². The van der Waals surface area contributed by atoms with Gasteiger partial charge in [0, 0.05) is 18.8 Å². The molecule has 4 nitrogen and oxygen atoms in total. The quantitative estimate of drug-likeness (QED) is 0.812. The summed E-state index contributed by atoms with van der Waals surface area (Å²) in [7, 11) is 1.66. The summed E-state index contributed by atoms with van der Waals surface area (Å²) < 4.78 is 5.07. The Morgan fingerprint density at radius 3 is 2.35 bits per heavy atom. The zero-order chi connectivity index (χ0) is 16.5. The number of rotatable bonds is 7. The number of ether oxygens (including phenoxy) is 1. The molecule has 0 spiro atoms. The van der Waals surface area contributed by atoms with Crippen molar-refractivity contribution in [1.29, 1.82) is 0 Å². The normalized spacial score (nSPS) is 11.7. The average Bonchev–Trinajstić information content (AvgIpc) is 2.57. The molecule has 0 unspecified atom stereocenters. The molecule has 0 saturated carbocycles. The lowest BCUT2D eigenvalue weighted by Gasteiger charge is -2.17. The minimum Gasteiger partial charge on any atom is -0.380 e. The van der Waals surface area contributed by atoms with Crippen molar-refractivity contribution in [3.63, 3.8) is 0 Å². The molecule has 2 aromatic carbocycles. The van der Waals surface area contributed by atoms with Crippen LogP contribution in [0, 0.1) is 0 Å². The van der Waals surface area contributed by atoms with Crippen LogP contribution in [0.3, 0.4) is 0 Å². The van der Waals surface area contributed by atoms with Crippen LogP contribution in [0.4, 0.5) is 10.5 Å². The number of hydrogen-bond acceptors (Lipinski definition) is 2. The van der Waals surface area contributed by atoms with E-state index in [-0.39, 0.29) is 12.1 Å². The molecule has 0 fully saturated rings. The highest BCUT2D eigenvalue weighted by Crippen LogP contribution is 2.11. The Morgan fingerprint density at radius 1 is 1.04 bits per heavy atom. The van der Waals surface area contributed by atoms with Crippen LogP contribution in [0.15, 0.2) is 54.6 Å².